The van der Waals surface area contributed by atoms with Crippen molar-refractivity contribution in [2.24, 2.45) is 5.41 Å². The third-order valence-corrected chi connectivity index (χ3v) is 5.22. The molecule has 0 amide bonds. The Labute approximate surface area is 104 Å². The third kappa shape index (κ3) is 2.98. The highest BCUT2D eigenvalue weighted by atomic mass is 79.9. The fraction of sp³-hybridized carbons (Fsp3) is 0.636. The second-order valence-electron chi connectivity index (χ2n) is 3.75. The zero-order valence-corrected chi connectivity index (χ0v) is 11.8. The summed E-state index contributed by atoms with van der Waals surface area (Å²) in [4.78, 5) is 1.43. The molecule has 0 saturated carbocycles. The summed E-state index contributed by atoms with van der Waals surface area (Å²) in [6, 6.07) is 2.21. The van der Waals surface area contributed by atoms with Gasteiger partial charge in [0.2, 0.25) is 0 Å². The quantitative estimate of drug-likeness (QED) is 0.663. The van der Waals surface area contributed by atoms with Crippen LogP contribution in [0.3, 0.4) is 0 Å². The summed E-state index contributed by atoms with van der Waals surface area (Å²) in [7, 11) is 0. The molecule has 0 N–H and O–H groups in total. The van der Waals surface area contributed by atoms with E-state index < -0.39 is 0 Å². The Morgan fingerprint density at radius 1 is 1.43 bits per heavy atom. The van der Waals surface area contributed by atoms with Crippen LogP contribution in [0, 0.1) is 5.41 Å². The molecule has 1 rings (SSSR count). The van der Waals surface area contributed by atoms with Crippen LogP contribution in [0.2, 0.25) is 0 Å². The minimum absolute atomic E-state index is 0.297. The Balaban J connectivity index is 2.73. The first kappa shape index (κ1) is 12.5. The van der Waals surface area contributed by atoms with Gasteiger partial charge in [0, 0.05) is 20.6 Å². The van der Waals surface area contributed by atoms with Gasteiger partial charge in [0.15, 0.2) is 0 Å². The predicted molar refractivity (Wildman–Crippen MR) is 69.5 cm³/mol. The third-order valence-electron chi connectivity index (χ3n) is 2.95. The standard InChI is InChI=1S/C11H16BrClS/c1-3-11(4-2,8-13)6-10-5-9(12)7-14-10/h5,7H,3-4,6,8H2,1-2H3. The molecule has 1 heterocycles. The van der Waals surface area contributed by atoms with Gasteiger partial charge < -0.3 is 0 Å². The minimum atomic E-state index is 0.297. The second-order valence-corrected chi connectivity index (χ2v) is 5.93. The second kappa shape index (κ2) is 5.53. The molecule has 0 bridgehead atoms. The summed E-state index contributed by atoms with van der Waals surface area (Å²) in [6.07, 6.45) is 3.42. The molecule has 0 aliphatic carbocycles. The van der Waals surface area contributed by atoms with Crippen LogP contribution in [0.15, 0.2) is 15.9 Å². The Kier molecular flexibility index (Phi) is 4.95. The van der Waals surface area contributed by atoms with Crippen LogP contribution in [-0.4, -0.2) is 5.88 Å². The predicted octanol–water partition coefficient (Wildman–Crippen LogP) is 5.10. The van der Waals surface area contributed by atoms with Gasteiger partial charge in [-0.15, -0.1) is 22.9 Å². The van der Waals surface area contributed by atoms with Gasteiger partial charge in [0.25, 0.3) is 0 Å². The van der Waals surface area contributed by atoms with Crippen LogP contribution in [-0.2, 0) is 6.42 Å². The van der Waals surface area contributed by atoms with Crippen LogP contribution in [0.5, 0.6) is 0 Å². The first-order valence-electron chi connectivity index (χ1n) is 4.94. The molecular formula is C11H16BrClS. The molecule has 0 nitrogen and oxygen atoms in total. The van der Waals surface area contributed by atoms with E-state index in [0.29, 0.717) is 5.41 Å². The van der Waals surface area contributed by atoms with Crippen LogP contribution in [0.4, 0.5) is 0 Å². The Morgan fingerprint density at radius 3 is 2.43 bits per heavy atom. The van der Waals surface area contributed by atoms with E-state index in [2.05, 4.69) is 41.2 Å². The average Bonchev–Trinajstić information content (AvgIpc) is 2.61. The maximum atomic E-state index is 6.07. The number of hydrogen-bond acceptors (Lipinski definition) is 1. The number of thiophene rings is 1. The van der Waals surface area contributed by atoms with Crippen molar-refractivity contribution in [1.82, 2.24) is 0 Å². The van der Waals surface area contributed by atoms with Crippen LogP contribution < -0.4 is 0 Å². The molecule has 1 aromatic rings. The molecule has 0 fully saturated rings. The number of alkyl halides is 1. The molecule has 3 heteroatoms. The summed E-state index contributed by atoms with van der Waals surface area (Å²) in [5, 5.41) is 2.14. The maximum Gasteiger partial charge on any atom is 0.0285 e. The largest absolute Gasteiger partial charge is 0.148 e. The normalized spacial score (nSPS) is 12.0. The van der Waals surface area contributed by atoms with E-state index in [0.717, 1.165) is 25.1 Å². The van der Waals surface area contributed by atoms with Crippen molar-refractivity contribution < 1.29 is 0 Å². The topological polar surface area (TPSA) is 0 Å². The number of hydrogen-bond donors (Lipinski definition) is 0. The highest BCUT2D eigenvalue weighted by Gasteiger charge is 2.25. The van der Waals surface area contributed by atoms with E-state index in [9.17, 15) is 0 Å². The fourth-order valence-electron chi connectivity index (χ4n) is 1.55. The number of halogens is 2. The summed E-state index contributed by atoms with van der Waals surface area (Å²) in [5.41, 5.74) is 0.297. The lowest BCUT2D eigenvalue weighted by atomic mass is 9.81. The molecule has 0 aliphatic heterocycles. The summed E-state index contributed by atoms with van der Waals surface area (Å²) in [5.74, 6) is 0.759. The van der Waals surface area contributed by atoms with Crippen molar-refractivity contribution in [3.8, 4) is 0 Å². The Bertz CT molecular complexity index is 270. The first-order chi connectivity index (χ1) is 6.65. The van der Waals surface area contributed by atoms with Crippen molar-refractivity contribution in [3.63, 3.8) is 0 Å². The number of rotatable bonds is 5. The van der Waals surface area contributed by atoms with Crippen molar-refractivity contribution in [2.45, 2.75) is 33.1 Å². The van der Waals surface area contributed by atoms with Crippen molar-refractivity contribution in [2.75, 3.05) is 5.88 Å². The zero-order chi connectivity index (χ0) is 10.6. The molecule has 0 spiro atoms. The fourth-order valence-corrected chi connectivity index (χ4v) is 3.65. The molecule has 0 radical (unpaired) electrons. The van der Waals surface area contributed by atoms with Crippen molar-refractivity contribution in [1.29, 1.82) is 0 Å². The minimum Gasteiger partial charge on any atom is -0.148 e. The Morgan fingerprint density at radius 2 is 2.07 bits per heavy atom. The van der Waals surface area contributed by atoms with E-state index in [-0.39, 0.29) is 0 Å². The van der Waals surface area contributed by atoms with Gasteiger partial charge in [-0.3, -0.25) is 0 Å². The van der Waals surface area contributed by atoms with Gasteiger partial charge in [-0.1, -0.05) is 13.8 Å². The molecule has 80 valence electrons. The van der Waals surface area contributed by atoms with Crippen LogP contribution in [0.1, 0.15) is 31.6 Å². The molecule has 0 unspecified atom stereocenters. The monoisotopic (exact) mass is 294 g/mol. The van der Waals surface area contributed by atoms with E-state index in [1.807, 2.05) is 11.3 Å². The van der Waals surface area contributed by atoms with E-state index >= 15 is 0 Å². The van der Waals surface area contributed by atoms with E-state index in [4.69, 9.17) is 11.6 Å². The molecule has 1 aromatic heterocycles. The summed E-state index contributed by atoms with van der Waals surface area (Å²) >= 11 is 11.4. The zero-order valence-electron chi connectivity index (χ0n) is 8.65. The lowest BCUT2D eigenvalue weighted by Gasteiger charge is -2.28. The molecular weight excluding hydrogens is 280 g/mol. The van der Waals surface area contributed by atoms with Gasteiger partial charge in [-0.25, -0.2) is 0 Å². The lowest BCUT2D eigenvalue weighted by molar-refractivity contribution is 0.304. The summed E-state index contributed by atoms with van der Waals surface area (Å²) < 4.78 is 1.19. The van der Waals surface area contributed by atoms with Crippen LogP contribution >= 0.6 is 38.9 Å². The van der Waals surface area contributed by atoms with Gasteiger partial charge in [0.1, 0.15) is 0 Å². The van der Waals surface area contributed by atoms with Crippen molar-refractivity contribution in [3.05, 3.63) is 20.8 Å². The molecule has 0 saturated heterocycles. The van der Waals surface area contributed by atoms with Gasteiger partial charge in [0.05, 0.1) is 0 Å². The molecule has 0 aliphatic rings. The van der Waals surface area contributed by atoms with E-state index in [1.165, 1.54) is 9.35 Å². The highest BCUT2D eigenvalue weighted by molar-refractivity contribution is 9.10. The van der Waals surface area contributed by atoms with Crippen LogP contribution in [0.25, 0.3) is 0 Å². The SMILES string of the molecule is CCC(CC)(CCl)Cc1cc(Br)cs1. The highest BCUT2D eigenvalue weighted by Crippen LogP contribution is 2.34. The van der Waals surface area contributed by atoms with Gasteiger partial charge in [-0.2, -0.15) is 0 Å². The van der Waals surface area contributed by atoms with E-state index in [1.54, 1.807) is 0 Å². The first-order valence-corrected chi connectivity index (χ1v) is 7.15. The summed E-state index contributed by atoms with van der Waals surface area (Å²) in [6.45, 7) is 4.46. The van der Waals surface area contributed by atoms with Gasteiger partial charge in [-0.05, 0) is 46.7 Å². The van der Waals surface area contributed by atoms with Crippen molar-refractivity contribution >= 4 is 38.9 Å². The average molecular weight is 296 g/mol. The molecule has 14 heavy (non-hydrogen) atoms. The smallest absolute Gasteiger partial charge is 0.0285 e. The maximum absolute atomic E-state index is 6.07. The Hall–Kier alpha value is 0.470. The molecule has 0 atom stereocenters. The molecule has 0 aromatic carbocycles. The van der Waals surface area contributed by atoms with Gasteiger partial charge >= 0.3 is 0 Å². The lowest BCUT2D eigenvalue weighted by Crippen LogP contribution is -2.23.